The van der Waals surface area contributed by atoms with Gasteiger partial charge in [0.05, 0.1) is 36.1 Å². The number of halogens is 1. The Hall–Kier alpha value is -0.840. The molecule has 1 fully saturated rings. The third kappa shape index (κ3) is 2.54. The van der Waals surface area contributed by atoms with Crippen molar-refractivity contribution in [3.63, 3.8) is 0 Å². The van der Waals surface area contributed by atoms with E-state index in [1.807, 2.05) is 6.07 Å². The number of hydrogen-bond acceptors (Lipinski definition) is 4. The number of aliphatic hydroxyl groups is 1. The van der Waals surface area contributed by atoms with Gasteiger partial charge < -0.3 is 14.7 Å². The first-order valence-corrected chi connectivity index (χ1v) is 6.04. The number of anilines is 1. The van der Waals surface area contributed by atoms with Crippen LogP contribution in [0.1, 0.15) is 19.5 Å². The van der Waals surface area contributed by atoms with E-state index < -0.39 is 0 Å². The second-order valence-electron chi connectivity index (χ2n) is 4.77. The first-order valence-electron chi connectivity index (χ1n) is 5.66. The van der Waals surface area contributed by atoms with Gasteiger partial charge in [0.2, 0.25) is 0 Å². The molecule has 2 heterocycles. The molecule has 1 N–H and O–H groups in total. The number of aliphatic hydroxyl groups excluding tert-OH is 1. The molecule has 0 amide bonds. The van der Waals surface area contributed by atoms with Crippen LogP contribution in [0.2, 0.25) is 5.02 Å². The summed E-state index contributed by atoms with van der Waals surface area (Å²) >= 11 is 5.94. The maximum atomic E-state index is 9.18. The molecule has 1 aromatic rings. The van der Waals surface area contributed by atoms with E-state index in [1.165, 1.54) is 0 Å². The summed E-state index contributed by atoms with van der Waals surface area (Å²) in [5.41, 5.74) is 0.428. The molecule has 0 radical (unpaired) electrons. The lowest BCUT2D eigenvalue weighted by Gasteiger charge is -2.43. The zero-order chi connectivity index (χ0) is 12.5. The number of aromatic nitrogens is 1. The second kappa shape index (κ2) is 4.80. The Labute approximate surface area is 106 Å². The first kappa shape index (κ1) is 12.6. The van der Waals surface area contributed by atoms with Crippen LogP contribution in [0.3, 0.4) is 0 Å². The quantitative estimate of drug-likeness (QED) is 0.877. The van der Waals surface area contributed by atoms with E-state index >= 15 is 0 Å². The highest BCUT2D eigenvalue weighted by molar-refractivity contribution is 6.31. The van der Waals surface area contributed by atoms with Gasteiger partial charge in [0.15, 0.2) is 0 Å². The Morgan fingerprint density at radius 3 is 2.94 bits per heavy atom. The largest absolute Gasteiger partial charge is 0.390 e. The van der Waals surface area contributed by atoms with E-state index in [9.17, 15) is 5.11 Å². The van der Waals surface area contributed by atoms with Gasteiger partial charge in [-0.1, -0.05) is 11.6 Å². The molecule has 94 valence electrons. The van der Waals surface area contributed by atoms with Crippen molar-refractivity contribution in [2.75, 3.05) is 24.7 Å². The van der Waals surface area contributed by atoms with Crippen LogP contribution in [-0.4, -0.2) is 35.4 Å². The van der Waals surface area contributed by atoms with Crippen LogP contribution in [0.15, 0.2) is 12.1 Å². The number of pyridine rings is 1. The fourth-order valence-electron chi connectivity index (χ4n) is 2.02. The normalized spacial score (nSPS) is 19.4. The van der Waals surface area contributed by atoms with E-state index in [-0.39, 0.29) is 12.1 Å². The van der Waals surface area contributed by atoms with Gasteiger partial charge in [0.25, 0.3) is 0 Å². The van der Waals surface area contributed by atoms with Crippen LogP contribution in [0.25, 0.3) is 0 Å². The lowest BCUT2D eigenvalue weighted by molar-refractivity contribution is 0.0638. The molecule has 1 aliphatic heterocycles. The summed E-state index contributed by atoms with van der Waals surface area (Å²) < 4.78 is 5.47. The number of hydrogen-bond donors (Lipinski definition) is 1. The average Bonchev–Trinajstić information content (AvgIpc) is 2.30. The molecule has 0 spiro atoms. The van der Waals surface area contributed by atoms with Gasteiger partial charge in [-0.15, -0.1) is 0 Å². The molecule has 1 saturated heterocycles. The van der Waals surface area contributed by atoms with E-state index in [0.29, 0.717) is 23.9 Å². The van der Waals surface area contributed by atoms with Crippen molar-refractivity contribution in [2.45, 2.75) is 26.0 Å². The van der Waals surface area contributed by atoms with E-state index in [0.717, 1.165) is 12.4 Å². The zero-order valence-electron chi connectivity index (χ0n) is 10.1. The monoisotopic (exact) mass is 256 g/mol. The Morgan fingerprint density at radius 2 is 2.29 bits per heavy atom. The van der Waals surface area contributed by atoms with E-state index in [2.05, 4.69) is 23.7 Å². The van der Waals surface area contributed by atoms with Crippen molar-refractivity contribution >= 4 is 17.4 Å². The molecule has 4 nitrogen and oxygen atoms in total. The van der Waals surface area contributed by atoms with E-state index in [1.54, 1.807) is 6.07 Å². The zero-order valence-corrected chi connectivity index (χ0v) is 10.9. The molecule has 1 aromatic heterocycles. The predicted octanol–water partition coefficient (Wildman–Crippen LogP) is 1.84. The topological polar surface area (TPSA) is 45.6 Å². The van der Waals surface area contributed by atoms with Crippen LogP contribution < -0.4 is 4.90 Å². The summed E-state index contributed by atoms with van der Waals surface area (Å²) in [5.74, 6) is 0.840. The predicted molar refractivity (Wildman–Crippen MR) is 67.4 cm³/mol. The van der Waals surface area contributed by atoms with Crippen molar-refractivity contribution in [1.82, 2.24) is 4.98 Å². The minimum absolute atomic E-state index is 0.0915. The Balaban J connectivity index is 2.32. The SMILES string of the molecule is CC1(C)COCCN1c1ccc(Cl)c(CO)n1. The molecular formula is C12H17ClN2O2. The summed E-state index contributed by atoms with van der Waals surface area (Å²) in [4.78, 5) is 6.58. The summed E-state index contributed by atoms with van der Waals surface area (Å²) in [6.07, 6.45) is 0. The highest BCUT2D eigenvalue weighted by Crippen LogP contribution is 2.27. The molecule has 0 bridgehead atoms. The van der Waals surface area contributed by atoms with Gasteiger partial charge in [0.1, 0.15) is 5.82 Å². The van der Waals surface area contributed by atoms with Crippen LogP contribution >= 0.6 is 11.6 Å². The minimum atomic E-state index is -0.141. The Kier molecular flexibility index (Phi) is 3.56. The van der Waals surface area contributed by atoms with Crippen LogP contribution in [-0.2, 0) is 11.3 Å². The minimum Gasteiger partial charge on any atom is -0.390 e. The van der Waals surface area contributed by atoms with Crippen molar-refractivity contribution in [3.05, 3.63) is 22.8 Å². The lowest BCUT2D eigenvalue weighted by atomic mass is 10.0. The van der Waals surface area contributed by atoms with Gasteiger partial charge >= 0.3 is 0 Å². The molecule has 5 heteroatoms. The van der Waals surface area contributed by atoms with E-state index in [4.69, 9.17) is 16.3 Å². The fraction of sp³-hybridized carbons (Fsp3) is 0.583. The van der Waals surface area contributed by atoms with Crippen molar-refractivity contribution in [1.29, 1.82) is 0 Å². The summed E-state index contributed by atoms with van der Waals surface area (Å²) in [6.45, 7) is 6.25. The Morgan fingerprint density at radius 1 is 1.53 bits per heavy atom. The van der Waals surface area contributed by atoms with Gasteiger partial charge in [-0.3, -0.25) is 0 Å². The van der Waals surface area contributed by atoms with Gasteiger partial charge in [-0.05, 0) is 26.0 Å². The molecule has 0 aromatic carbocycles. The molecular weight excluding hydrogens is 240 g/mol. The van der Waals surface area contributed by atoms with Crippen molar-refractivity contribution < 1.29 is 9.84 Å². The molecule has 2 rings (SSSR count). The summed E-state index contributed by atoms with van der Waals surface area (Å²) in [5, 5.41) is 9.68. The summed E-state index contributed by atoms with van der Waals surface area (Å²) in [7, 11) is 0. The van der Waals surface area contributed by atoms with Gasteiger partial charge in [0, 0.05) is 6.54 Å². The molecule has 1 aliphatic rings. The third-order valence-electron chi connectivity index (χ3n) is 2.98. The second-order valence-corrected chi connectivity index (χ2v) is 5.18. The van der Waals surface area contributed by atoms with Crippen molar-refractivity contribution in [2.24, 2.45) is 0 Å². The highest BCUT2D eigenvalue weighted by atomic mass is 35.5. The number of morpholine rings is 1. The first-order chi connectivity index (χ1) is 8.04. The smallest absolute Gasteiger partial charge is 0.129 e. The van der Waals surface area contributed by atoms with Crippen molar-refractivity contribution in [3.8, 4) is 0 Å². The van der Waals surface area contributed by atoms with Gasteiger partial charge in [-0.2, -0.15) is 0 Å². The molecule has 0 saturated carbocycles. The highest BCUT2D eigenvalue weighted by Gasteiger charge is 2.31. The molecule has 0 atom stereocenters. The molecule has 17 heavy (non-hydrogen) atoms. The number of rotatable bonds is 2. The van der Waals surface area contributed by atoms with Crippen LogP contribution in [0, 0.1) is 0 Å². The molecule has 0 unspecified atom stereocenters. The summed E-state index contributed by atoms with van der Waals surface area (Å²) in [6, 6.07) is 3.66. The van der Waals surface area contributed by atoms with Crippen LogP contribution in [0.4, 0.5) is 5.82 Å². The third-order valence-corrected chi connectivity index (χ3v) is 3.32. The van der Waals surface area contributed by atoms with Crippen LogP contribution in [0.5, 0.6) is 0 Å². The number of ether oxygens (including phenoxy) is 1. The fourth-order valence-corrected chi connectivity index (χ4v) is 2.18. The number of nitrogens with zero attached hydrogens (tertiary/aromatic N) is 2. The maximum Gasteiger partial charge on any atom is 0.129 e. The Bertz CT molecular complexity index is 409. The average molecular weight is 257 g/mol. The lowest BCUT2D eigenvalue weighted by Crippen LogP contribution is -2.53. The maximum absolute atomic E-state index is 9.18. The standard InChI is InChI=1S/C12H17ClN2O2/c1-12(2)8-17-6-5-15(12)11-4-3-9(13)10(7-16)14-11/h3-4,16H,5-8H2,1-2H3. The van der Waals surface area contributed by atoms with Gasteiger partial charge in [-0.25, -0.2) is 4.98 Å². The molecule has 0 aliphatic carbocycles.